The van der Waals surface area contributed by atoms with Crippen molar-refractivity contribution in [3.8, 4) is 0 Å². The van der Waals surface area contributed by atoms with E-state index in [1.165, 1.54) is 10.5 Å². The van der Waals surface area contributed by atoms with Crippen molar-refractivity contribution in [2.45, 2.75) is 69.7 Å². The van der Waals surface area contributed by atoms with E-state index in [1.807, 2.05) is 12.1 Å². The van der Waals surface area contributed by atoms with E-state index in [0.29, 0.717) is 36.3 Å². The maximum absolute atomic E-state index is 14.6. The zero-order valence-corrected chi connectivity index (χ0v) is 21.6. The number of aryl methyl sites for hydroxylation is 1. The van der Waals surface area contributed by atoms with E-state index < -0.39 is 40.7 Å². The second kappa shape index (κ2) is 9.89. The van der Waals surface area contributed by atoms with Gasteiger partial charge in [0.05, 0.1) is 28.8 Å². The van der Waals surface area contributed by atoms with Crippen LogP contribution in [0.3, 0.4) is 0 Å². The molecule has 1 atom stereocenters. The summed E-state index contributed by atoms with van der Waals surface area (Å²) in [5.74, 6) is -1.74. The Morgan fingerprint density at radius 1 is 1.15 bits per heavy atom. The lowest BCUT2D eigenvalue weighted by Gasteiger charge is -2.24. The van der Waals surface area contributed by atoms with E-state index in [4.69, 9.17) is 4.98 Å². The second-order valence-corrected chi connectivity index (χ2v) is 10.7. The van der Waals surface area contributed by atoms with Crippen LogP contribution in [0.25, 0.3) is 0 Å². The molecule has 0 bridgehead atoms. The summed E-state index contributed by atoms with van der Waals surface area (Å²) in [4.78, 5) is 35.3. The average molecular weight is 544 g/mol. The summed E-state index contributed by atoms with van der Waals surface area (Å²) in [6.45, 7) is 4.17. The lowest BCUT2D eigenvalue weighted by Crippen LogP contribution is -2.37. The Balaban J connectivity index is 1.42. The fourth-order valence-corrected chi connectivity index (χ4v) is 5.30. The summed E-state index contributed by atoms with van der Waals surface area (Å²) in [6.07, 6.45) is -4.61. The minimum absolute atomic E-state index is 0.128. The smallest absolute Gasteiger partial charge is 0.378 e. The number of halogens is 4. The predicted molar refractivity (Wildman–Crippen MR) is 136 cm³/mol. The van der Waals surface area contributed by atoms with Crippen molar-refractivity contribution in [3.63, 3.8) is 0 Å². The van der Waals surface area contributed by atoms with Gasteiger partial charge < -0.3 is 15.0 Å². The summed E-state index contributed by atoms with van der Waals surface area (Å²) in [6, 6.07) is 10.7. The molecule has 1 aromatic heterocycles. The van der Waals surface area contributed by atoms with Crippen molar-refractivity contribution in [1.29, 1.82) is 0 Å². The molecular formula is C29H29F4N3O3. The summed E-state index contributed by atoms with van der Waals surface area (Å²) >= 11 is 0. The van der Waals surface area contributed by atoms with Crippen LogP contribution < -0.4 is 5.56 Å². The number of carbonyl (C=O) groups excluding carboxylic acids is 1. The first-order chi connectivity index (χ1) is 18.4. The number of nitrogens with zero attached hydrogens (tertiary/aromatic N) is 2. The summed E-state index contributed by atoms with van der Waals surface area (Å²) in [5.41, 5.74) is -0.00810. The highest BCUT2D eigenvalue weighted by atomic mass is 19.4. The molecule has 0 radical (unpaired) electrons. The molecule has 206 valence electrons. The number of amides is 1. The van der Waals surface area contributed by atoms with Crippen LogP contribution in [0, 0.1) is 5.82 Å². The first kappa shape index (κ1) is 27.1. The zero-order chi connectivity index (χ0) is 28.1. The third-order valence-corrected chi connectivity index (χ3v) is 7.78. The number of aromatic nitrogens is 2. The zero-order valence-electron chi connectivity index (χ0n) is 21.6. The number of rotatable bonds is 5. The first-order valence-electron chi connectivity index (χ1n) is 13.0. The number of benzene rings is 2. The number of nitrogens with one attached hydrogen (secondary N) is 1. The van der Waals surface area contributed by atoms with Crippen LogP contribution in [0.5, 0.6) is 0 Å². The fraction of sp³-hybridized carbons (Fsp3) is 0.414. The average Bonchev–Trinajstić information content (AvgIpc) is 3.72. The van der Waals surface area contributed by atoms with Crippen LogP contribution in [-0.4, -0.2) is 32.4 Å². The maximum Gasteiger partial charge on any atom is 0.419 e. The summed E-state index contributed by atoms with van der Waals surface area (Å²) in [5, 5.41) is 10.6. The molecule has 39 heavy (non-hydrogen) atoms. The van der Waals surface area contributed by atoms with Gasteiger partial charge in [0.15, 0.2) is 6.10 Å². The number of fused-ring (bicyclic) bond motifs is 1. The highest BCUT2D eigenvalue weighted by Gasteiger charge is 2.49. The molecule has 1 aliphatic carbocycles. The molecular weight excluding hydrogens is 514 g/mol. The molecule has 2 N–H and O–H groups in total. The van der Waals surface area contributed by atoms with Gasteiger partial charge in [0.2, 0.25) is 0 Å². The minimum Gasteiger partial charge on any atom is -0.378 e. The molecule has 1 amide bonds. The quantitative estimate of drug-likeness (QED) is 0.437. The molecule has 1 aliphatic heterocycles. The SMILES string of the molecule is CC(C)c1cccc(C2(c3nc4c(c(=O)[nH]3)CN(C(=O)C(O)c3cccc(C(F)(F)F)c3F)CCC4)CC2)c1. The fourth-order valence-electron chi connectivity index (χ4n) is 5.30. The molecule has 2 heterocycles. The van der Waals surface area contributed by atoms with Gasteiger partial charge in [0.25, 0.3) is 11.5 Å². The molecule has 3 aromatic rings. The van der Waals surface area contributed by atoms with Gasteiger partial charge in [-0.15, -0.1) is 0 Å². The molecule has 1 unspecified atom stereocenters. The van der Waals surface area contributed by atoms with Crippen LogP contribution in [0.15, 0.2) is 47.3 Å². The van der Waals surface area contributed by atoms with Gasteiger partial charge in [-0.1, -0.05) is 50.2 Å². The lowest BCUT2D eigenvalue weighted by atomic mass is 9.90. The van der Waals surface area contributed by atoms with Crippen molar-refractivity contribution in [1.82, 2.24) is 14.9 Å². The number of alkyl halides is 3. The highest BCUT2D eigenvalue weighted by molar-refractivity contribution is 5.82. The number of carbonyl (C=O) groups is 1. The molecule has 10 heteroatoms. The minimum atomic E-state index is -4.98. The number of hydrogen-bond donors (Lipinski definition) is 2. The Labute approximate surface area is 222 Å². The standard InChI is InChI=1S/C29H29F4N3O3/c1-16(2)17-6-3-7-18(14-17)28(11-12-28)27-34-22-10-5-13-36(15-20(22)25(38)35-27)26(39)24(37)19-8-4-9-21(23(19)30)29(31,32)33/h3-4,6-9,14,16,24,37H,5,10-13,15H2,1-2H3,(H,34,35,38). The van der Waals surface area contributed by atoms with Gasteiger partial charge in [-0.2, -0.15) is 13.2 Å². The first-order valence-corrected chi connectivity index (χ1v) is 13.0. The van der Waals surface area contributed by atoms with Gasteiger partial charge in [0.1, 0.15) is 11.6 Å². The van der Waals surface area contributed by atoms with E-state index in [2.05, 4.69) is 31.0 Å². The Hall–Kier alpha value is -3.53. The molecule has 1 fully saturated rings. The number of hydrogen-bond acceptors (Lipinski definition) is 4. The van der Waals surface area contributed by atoms with E-state index in [1.54, 1.807) is 0 Å². The van der Waals surface area contributed by atoms with Crippen molar-refractivity contribution < 1.29 is 27.5 Å². The second-order valence-electron chi connectivity index (χ2n) is 10.7. The van der Waals surface area contributed by atoms with Gasteiger partial charge in [0, 0.05) is 12.1 Å². The third kappa shape index (κ3) is 4.97. The van der Waals surface area contributed by atoms with Crippen molar-refractivity contribution >= 4 is 5.91 Å². The van der Waals surface area contributed by atoms with Crippen LogP contribution in [0.1, 0.15) is 84.5 Å². The van der Waals surface area contributed by atoms with E-state index in [-0.39, 0.29) is 24.1 Å². The van der Waals surface area contributed by atoms with Crippen molar-refractivity contribution in [3.05, 3.63) is 98.0 Å². The van der Waals surface area contributed by atoms with Crippen molar-refractivity contribution in [2.24, 2.45) is 0 Å². The Bertz CT molecular complexity index is 1480. The van der Waals surface area contributed by atoms with Gasteiger partial charge in [-0.25, -0.2) is 9.37 Å². The van der Waals surface area contributed by atoms with Gasteiger partial charge in [-0.3, -0.25) is 9.59 Å². The molecule has 2 aromatic carbocycles. The number of aromatic amines is 1. The van der Waals surface area contributed by atoms with Gasteiger partial charge in [-0.05, 0) is 48.8 Å². The van der Waals surface area contributed by atoms with E-state index >= 15 is 0 Å². The van der Waals surface area contributed by atoms with E-state index in [9.17, 15) is 32.3 Å². The Morgan fingerprint density at radius 2 is 1.87 bits per heavy atom. The van der Waals surface area contributed by atoms with Crippen molar-refractivity contribution in [2.75, 3.05) is 6.54 Å². The summed E-state index contributed by atoms with van der Waals surface area (Å²) < 4.78 is 54.0. The molecule has 5 rings (SSSR count). The summed E-state index contributed by atoms with van der Waals surface area (Å²) in [7, 11) is 0. The predicted octanol–water partition coefficient (Wildman–Crippen LogP) is 5.14. The van der Waals surface area contributed by atoms with Crippen LogP contribution in [0.2, 0.25) is 0 Å². The van der Waals surface area contributed by atoms with E-state index in [0.717, 1.165) is 30.5 Å². The molecule has 2 aliphatic rings. The van der Waals surface area contributed by atoms with Gasteiger partial charge >= 0.3 is 6.18 Å². The maximum atomic E-state index is 14.6. The molecule has 1 saturated carbocycles. The normalized spacial score (nSPS) is 17.5. The van der Waals surface area contributed by atoms with Crippen LogP contribution >= 0.6 is 0 Å². The van der Waals surface area contributed by atoms with Crippen LogP contribution in [-0.2, 0) is 29.4 Å². The topological polar surface area (TPSA) is 86.3 Å². The largest absolute Gasteiger partial charge is 0.419 e. The van der Waals surface area contributed by atoms with Crippen LogP contribution in [0.4, 0.5) is 17.6 Å². The number of aliphatic hydroxyl groups excluding tert-OH is 1. The third-order valence-electron chi connectivity index (χ3n) is 7.78. The molecule has 0 saturated heterocycles. The molecule has 0 spiro atoms. The lowest BCUT2D eigenvalue weighted by molar-refractivity contribution is -0.143. The monoisotopic (exact) mass is 543 g/mol. The Kier molecular flexibility index (Phi) is 6.86. The number of H-pyrrole nitrogens is 1. The number of aliphatic hydroxyl groups is 1. The Morgan fingerprint density at radius 3 is 2.54 bits per heavy atom. The highest BCUT2D eigenvalue weighted by Crippen LogP contribution is 2.52. The molecule has 6 nitrogen and oxygen atoms in total.